The summed E-state index contributed by atoms with van der Waals surface area (Å²) in [6.45, 7) is 7.27. The first-order valence-corrected chi connectivity index (χ1v) is 8.92. The number of pyridine rings is 1. The number of aryl methyl sites for hydroxylation is 2. The van der Waals surface area contributed by atoms with Crippen molar-refractivity contribution in [2.75, 3.05) is 36.5 Å². The standard InChI is InChI=1S/C20H25N3O2/c1-3-15-6-5-7-16(4-2)19(15)22-20(24)17-12-18(14-21-13-17)23-8-10-25-11-9-23/h5-7,12-14H,3-4,8-11H2,1-2H3,(H,22,24). The fourth-order valence-electron chi connectivity index (χ4n) is 3.14. The molecule has 25 heavy (non-hydrogen) atoms. The lowest BCUT2D eigenvalue weighted by atomic mass is 10.0. The molecule has 2 heterocycles. The molecule has 1 aromatic heterocycles. The lowest BCUT2D eigenvalue weighted by molar-refractivity contribution is 0.102. The Kier molecular flexibility index (Phi) is 5.66. The molecule has 1 fully saturated rings. The minimum absolute atomic E-state index is 0.113. The molecule has 0 spiro atoms. The van der Waals surface area contributed by atoms with Gasteiger partial charge in [-0.1, -0.05) is 32.0 Å². The summed E-state index contributed by atoms with van der Waals surface area (Å²) in [6.07, 6.45) is 5.20. The van der Waals surface area contributed by atoms with Crippen LogP contribution >= 0.6 is 0 Å². The fraction of sp³-hybridized carbons (Fsp3) is 0.400. The third-order valence-corrected chi connectivity index (χ3v) is 4.60. The molecule has 5 nitrogen and oxygen atoms in total. The van der Waals surface area contributed by atoms with E-state index in [4.69, 9.17) is 4.74 Å². The van der Waals surface area contributed by atoms with Crippen molar-refractivity contribution in [1.82, 2.24) is 4.98 Å². The number of rotatable bonds is 5. The molecule has 1 N–H and O–H groups in total. The maximum absolute atomic E-state index is 12.8. The van der Waals surface area contributed by atoms with E-state index in [9.17, 15) is 4.79 Å². The van der Waals surface area contributed by atoms with Crippen molar-refractivity contribution >= 4 is 17.3 Å². The number of hydrogen-bond donors (Lipinski definition) is 1. The van der Waals surface area contributed by atoms with Crippen LogP contribution in [0.3, 0.4) is 0 Å². The SMILES string of the molecule is CCc1cccc(CC)c1NC(=O)c1cncc(N2CCOCC2)c1. The molecular formula is C20H25N3O2. The highest BCUT2D eigenvalue weighted by atomic mass is 16.5. The second kappa shape index (κ2) is 8.12. The second-order valence-electron chi connectivity index (χ2n) is 6.14. The summed E-state index contributed by atoms with van der Waals surface area (Å²) >= 11 is 0. The number of morpholine rings is 1. The molecule has 0 unspecified atom stereocenters. The number of para-hydroxylation sites is 1. The minimum Gasteiger partial charge on any atom is -0.378 e. The van der Waals surface area contributed by atoms with Gasteiger partial charge in [-0.2, -0.15) is 0 Å². The van der Waals surface area contributed by atoms with Gasteiger partial charge in [-0.15, -0.1) is 0 Å². The van der Waals surface area contributed by atoms with Gasteiger partial charge in [-0.3, -0.25) is 9.78 Å². The zero-order chi connectivity index (χ0) is 17.6. The van der Waals surface area contributed by atoms with E-state index in [0.29, 0.717) is 18.8 Å². The molecule has 3 rings (SSSR count). The second-order valence-corrected chi connectivity index (χ2v) is 6.14. The number of nitrogens with one attached hydrogen (secondary N) is 1. The third kappa shape index (κ3) is 3.99. The van der Waals surface area contributed by atoms with Crippen LogP contribution in [0.1, 0.15) is 35.3 Å². The Bertz CT molecular complexity index is 717. The Hall–Kier alpha value is -2.40. The average molecular weight is 339 g/mol. The van der Waals surface area contributed by atoms with Crippen LogP contribution in [0.25, 0.3) is 0 Å². The fourth-order valence-corrected chi connectivity index (χ4v) is 3.14. The van der Waals surface area contributed by atoms with Gasteiger partial charge in [0.15, 0.2) is 0 Å². The molecule has 0 radical (unpaired) electrons. The van der Waals surface area contributed by atoms with Crippen LogP contribution in [0.4, 0.5) is 11.4 Å². The van der Waals surface area contributed by atoms with Crippen LogP contribution in [0, 0.1) is 0 Å². The largest absolute Gasteiger partial charge is 0.378 e. The van der Waals surface area contributed by atoms with Crippen molar-refractivity contribution in [3.63, 3.8) is 0 Å². The molecule has 1 amide bonds. The normalized spacial score (nSPS) is 14.4. The number of aromatic nitrogens is 1. The lowest BCUT2D eigenvalue weighted by Gasteiger charge is -2.28. The van der Waals surface area contributed by atoms with Crippen molar-refractivity contribution in [1.29, 1.82) is 0 Å². The first kappa shape index (κ1) is 17.4. The molecule has 1 saturated heterocycles. The topological polar surface area (TPSA) is 54.5 Å². The van der Waals surface area contributed by atoms with E-state index in [1.165, 1.54) is 0 Å². The Balaban J connectivity index is 1.82. The number of hydrogen-bond acceptors (Lipinski definition) is 4. The Labute approximate surface area is 149 Å². The minimum atomic E-state index is -0.113. The van der Waals surface area contributed by atoms with Gasteiger partial charge < -0.3 is 15.0 Å². The van der Waals surface area contributed by atoms with Gasteiger partial charge in [-0.05, 0) is 30.0 Å². The summed E-state index contributed by atoms with van der Waals surface area (Å²) < 4.78 is 5.39. The summed E-state index contributed by atoms with van der Waals surface area (Å²) in [7, 11) is 0. The van der Waals surface area contributed by atoms with Crippen molar-refractivity contribution < 1.29 is 9.53 Å². The Morgan fingerprint density at radius 3 is 2.48 bits per heavy atom. The first-order chi connectivity index (χ1) is 12.2. The zero-order valence-corrected chi connectivity index (χ0v) is 14.9. The predicted molar refractivity (Wildman–Crippen MR) is 100 cm³/mol. The Morgan fingerprint density at radius 2 is 1.84 bits per heavy atom. The van der Waals surface area contributed by atoms with Gasteiger partial charge >= 0.3 is 0 Å². The smallest absolute Gasteiger partial charge is 0.257 e. The van der Waals surface area contributed by atoms with Gasteiger partial charge in [0.1, 0.15) is 0 Å². The van der Waals surface area contributed by atoms with Gasteiger partial charge in [0.2, 0.25) is 0 Å². The van der Waals surface area contributed by atoms with Crippen molar-refractivity contribution in [3.8, 4) is 0 Å². The zero-order valence-electron chi connectivity index (χ0n) is 14.9. The van der Waals surface area contributed by atoms with Gasteiger partial charge in [-0.25, -0.2) is 0 Å². The molecule has 1 aliphatic heterocycles. The van der Waals surface area contributed by atoms with E-state index in [0.717, 1.165) is 48.4 Å². The molecule has 0 saturated carbocycles. The highest BCUT2D eigenvalue weighted by Crippen LogP contribution is 2.24. The molecule has 0 bridgehead atoms. The molecule has 5 heteroatoms. The third-order valence-electron chi connectivity index (χ3n) is 4.60. The summed E-state index contributed by atoms with van der Waals surface area (Å²) in [6, 6.07) is 8.09. The average Bonchev–Trinajstić information content (AvgIpc) is 2.69. The van der Waals surface area contributed by atoms with E-state index in [1.807, 2.05) is 12.1 Å². The number of anilines is 2. The number of nitrogens with zero attached hydrogens (tertiary/aromatic N) is 2. The van der Waals surface area contributed by atoms with E-state index in [1.54, 1.807) is 12.4 Å². The van der Waals surface area contributed by atoms with Gasteiger partial charge in [0.05, 0.1) is 30.7 Å². The Morgan fingerprint density at radius 1 is 1.16 bits per heavy atom. The molecule has 132 valence electrons. The molecule has 1 aromatic carbocycles. The highest BCUT2D eigenvalue weighted by Gasteiger charge is 2.16. The van der Waals surface area contributed by atoms with Crippen LogP contribution in [-0.4, -0.2) is 37.2 Å². The van der Waals surface area contributed by atoms with Crippen molar-refractivity contribution in [2.45, 2.75) is 26.7 Å². The lowest BCUT2D eigenvalue weighted by Crippen LogP contribution is -2.36. The molecule has 2 aromatic rings. The number of amides is 1. The summed E-state index contributed by atoms with van der Waals surface area (Å²) in [5.41, 5.74) is 4.80. The number of benzene rings is 1. The van der Waals surface area contributed by atoms with Gasteiger partial charge in [0, 0.05) is 25.0 Å². The first-order valence-electron chi connectivity index (χ1n) is 8.92. The van der Waals surface area contributed by atoms with E-state index in [2.05, 4.69) is 41.2 Å². The van der Waals surface area contributed by atoms with Crippen LogP contribution in [0.15, 0.2) is 36.7 Å². The van der Waals surface area contributed by atoms with Crippen LogP contribution in [0.5, 0.6) is 0 Å². The maximum Gasteiger partial charge on any atom is 0.257 e. The van der Waals surface area contributed by atoms with Crippen molar-refractivity contribution in [2.24, 2.45) is 0 Å². The molecule has 0 aliphatic carbocycles. The summed E-state index contributed by atoms with van der Waals surface area (Å²) in [5.74, 6) is -0.113. The molecular weight excluding hydrogens is 314 g/mol. The van der Waals surface area contributed by atoms with E-state index in [-0.39, 0.29) is 5.91 Å². The molecule has 0 atom stereocenters. The maximum atomic E-state index is 12.8. The van der Waals surface area contributed by atoms with Crippen molar-refractivity contribution in [3.05, 3.63) is 53.3 Å². The number of ether oxygens (including phenoxy) is 1. The monoisotopic (exact) mass is 339 g/mol. The predicted octanol–water partition coefficient (Wildman–Crippen LogP) is 3.30. The highest BCUT2D eigenvalue weighted by molar-refractivity contribution is 6.05. The van der Waals surface area contributed by atoms with Crippen LogP contribution < -0.4 is 10.2 Å². The van der Waals surface area contributed by atoms with E-state index < -0.39 is 0 Å². The van der Waals surface area contributed by atoms with E-state index >= 15 is 0 Å². The number of carbonyl (C=O) groups is 1. The number of carbonyl (C=O) groups excluding carboxylic acids is 1. The van der Waals surface area contributed by atoms with Crippen LogP contribution in [-0.2, 0) is 17.6 Å². The molecule has 1 aliphatic rings. The van der Waals surface area contributed by atoms with Crippen LogP contribution in [0.2, 0.25) is 0 Å². The summed E-state index contributed by atoms with van der Waals surface area (Å²) in [5, 5.41) is 3.11. The quantitative estimate of drug-likeness (QED) is 0.908. The summed E-state index contributed by atoms with van der Waals surface area (Å²) in [4.78, 5) is 19.3. The van der Waals surface area contributed by atoms with Gasteiger partial charge in [0.25, 0.3) is 5.91 Å².